The highest BCUT2D eigenvalue weighted by Gasteiger charge is 2.11. The van der Waals surface area contributed by atoms with Crippen LogP contribution in [0.1, 0.15) is 0 Å². The molecule has 8 heavy (non-hydrogen) atoms. The van der Waals surface area contributed by atoms with Crippen molar-refractivity contribution in [1.29, 1.82) is 0 Å². The Kier molecular flexibility index (Phi) is 1.61. The van der Waals surface area contributed by atoms with Crippen LogP contribution in [0.15, 0.2) is 11.2 Å². The fourth-order valence-corrected chi connectivity index (χ4v) is 1.75. The van der Waals surface area contributed by atoms with E-state index < -0.39 is 10.1 Å². The maximum Gasteiger partial charge on any atom is 0.276 e. The third-order valence-electron chi connectivity index (χ3n) is 0.534. The van der Waals surface area contributed by atoms with Gasteiger partial charge in [-0.3, -0.25) is 0 Å². The minimum Gasteiger partial charge on any atom is -0.398 e. The molecule has 0 saturated carbocycles. The molecule has 2 nitrogen and oxygen atoms in total. The highest BCUT2D eigenvalue weighted by Crippen LogP contribution is 2.26. The van der Waals surface area contributed by atoms with Crippen LogP contribution in [0.5, 0.6) is 0 Å². The van der Waals surface area contributed by atoms with E-state index in [1.807, 2.05) is 0 Å². The minimum absolute atomic E-state index is 0.586. The molecule has 1 unspecified atom stereocenters. The van der Waals surface area contributed by atoms with E-state index in [4.69, 9.17) is 6.42 Å². The van der Waals surface area contributed by atoms with E-state index in [2.05, 4.69) is 10.1 Å². The van der Waals surface area contributed by atoms with Gasteiger partial charge in [0, 0.05) is 10.8 Å². The highest BCUT2D eigenvalue weighted by atomic mass is 33.1. The van der Waals surface area contributed by atoms with Crippen LogP contribution in [-0.4, -0.2) is 4.21 Å². The van der Waals surface area contributed by atoms with Crippen LogP contribution in [-0.2, 0) is 14.3 Å². The van der Waals surface area contributed by atoms with Crippen LogP contribution in [0.3, 0.4) is 0 Å². The number of hydrogen-bond acceptors (Lipinski definition) is 3. The number of rotatable bonds is 0. The maximum atomic E-state index is 10.3. The summed E-state index contributed by atoms with van der Waals surface area (Å²) >= 11 is 0. The summed E-state index contributed by atoms with van der Waals surface area (Å²) in [5, 5.41) is 0. The molecule has 1 aliphatic rings. The fourth-order valence-electron chi connectivity index (χ4n) is 0.254. The number of allylic oxidation sites excluding steroid dienone is 1. The highest BCUT2D eigenvalue weighted by molar-refractivity contribution is 8.69. The van der Waals surface area contributed by atoms with Crippen LogP contribution in [0.4, 0.5) is 0 Å². The van der Waals surface area contributed by atoms with Gasteiger partial charge in [-0.1, -0.05) is 5.92 Å². The molecule has 0 N–H and O–H groups in total. The second kappa shape index (κ2) is 2.25. The van der Waals surface area contributed by atoms with E-state index in [1.165, 1.54) is 6.26 Å². The Bertz CT molecular complexity index is 189. The van der Waals surface area contributed by atoms with Gasteiger partial charge in [0.1, 0.15) is 11.2 Å². The summed E-state index contributed by atoms with van der Waals surface area (Å²) in [6.07, 6.45) is 6.26. The SMILES string of the molecule is C#CC1=COS(=O)S1. The van der Waals surface area contributed by atoms with Crippen molar-refractivity contribution in [3.8, 4) is 12.3 Å². The molecule has 1 rings (SSSR count). The van der Waals surface area contributed by atoms with Gasteiger partial charge < -0.3 is 4.18 Å². The largest absolute Gasteiger partial charge is 0.398 e. The third kappa shape index (κ3) is 1.05. The average Bonchev–Trinajstić information content (AvgIpc) is 2.14. The lowest BCUT2D eigenvalue weighted by Crippen LogP contribution is -1.71. The van der Waals surface area contributed by atoms with Crippen LogP contribution >= 0.6 is 10.8 Å². The second-order valence-electron chi connectivity index (χ2n) is 1.01. The van der Waals surface area contributed by atoms with Gasteiger partial charge in [0.15, 0.2) is 0 Å². The molecule has 0 aromatic rings. The molecule has 1 heterocycles. The first-order valence-corrected chi connectivity index (χ1v) is 4.18. The molecule has 0 amide bonds. The smallest absolute Gasteiger partial charge is 0.276 e. The first-order valence-electron chi connectivity index (χ1n) is 1.77. The molecule has 42 valence electrons. The van der Waals surface area contributed by atoms with Crippen molar-refractivity contribution in [2.75, 3.05) is 0 Å². The minimum atomic E-state index is -1.27. The van der Waals surface area contributed by atoms with Gasteiger partial charge in [-0.25, -0.2) is 4.21 Å². The summed E-state index contributed by atoms with van der Waals surface area (Å²) < 4.78 is 14.8. The summed E-state index contributed by atoms with van der Waals surface area (Å²) in [5.74, 6) is 2.30. The predicted molar refractivity (Wildman–Crippen MR) is 33.7 cm³/mol. The van der Waals surface area contributed by atoms with Gasteiger partial charge >= 0.3 is 0 Å². The molecule has 1 atom stereocenters. The van der Waals surface area contributed by atoms with Gasteiger partial charge in [-0.05, 0) is 0 Å². The first-order chi connectivity index (χ1) is 3.83. The lowest BCUT2D eigenvalue weighted by atomic mass is 10.6. The average molecular weight is 146 g/mol. The van der Waals surface area contributed by atoms with Crippen molar-refractivity contribution in [3.05, 3.63) is 11.2 Å². The van der Waals surface area contributed by atoms with Gasteiger partial charge in [0.05, 0.1) is 0 Å². The second-order valence-corrected chi connectivity index (χ2v) is 3.53. The number of terminal acetylenes is 1. The molecule has 0 aromatic carbocycles. The first kappa shape index (κ1) is 5.73. The molecule has 0 spiro atoms. The zero-order chi connectivity index (χ0) is 5.98. The molecule has 0 bridgehead atoms. The van der Waals surface area contributed by atoms with Crippen LogP contribution in [0, 0.1) is 12.3 Å². The van der Waals surface area contributed by atoms with Gasteiger partial charge in [0.25, 0.3) is 10.1 Å². The van der Waals surface area contributed by atoms with E-state index in [9.17, 15) is 4.21 Å². The lowest BCUT2D eigenvalue weighted by Gasteiger charge is -1.79. The topological polar surface area (TPSA) is 26.3 Å². The van der Waals surface area contributed by atoms with E-state index in [1.54, 1.807) is 0 Å². The lowest BCUT2D eigenvalue weighted by molar-refractivity contribution is 0.523. The summed E-state index contributed by atoms with van der Waals surface area (Å²) in [6, 6.07) is 0. The molecule has 0 saturated heterocycles. The summed E-state index contributed by atoms with van der Waals surface area (Å²) in [4.78, 5) is 0.586. The molecule has 1 aliphatic heterocycles. The summed E-state index contributed by atoms with van der Waals surface area (Å²) in [6.45, 7) is 0. The van der Waals surface area contributed by atoms with E-state index in [-0.39, 0.29) is 0 Å². The van der Waals surface area contributed by atoms with E-state index in [0.29, 0.717) is 4.91 Å². The van der Waals surface area contributed by atoms with E-state index in [0.717, 1.165) is 10.8 Å². The molecule has 0 aromatic heterocycles. The Balaban J connectivity index is 2.66. The van der Waals surface area contributed by atoms with Crippen molar-refractivity contribution >= 4 is 20.9 Å². The number of hydrogen-bond donors (Lipinski definition) is 0. The maximum absolute atomic E-state index is 10.3. The summed E-state index contributed by atoms with van der Waals surface area (Å²) in [5.41, 5.74) is 0. The molecule has 0 radical (unpaired) electrons. The molecule has 4 heteroatoms. The molecular weight excluding hydrogens is 144 g/mol. The van der Waals surface area contributed by atoms with Gasteiger partial charge in [0.2, 0.25) is 0 Å². The molecule has 0 fully saturated rings. The van der Waals surface area contributed by atoms with Crippen molar-refractivity contribution in [1.82, 2.24) is 0 Å². The normalized spacial score (nSPS) is 25.9. The Morgan fingerprint density at radius 1 is 2.00 bits per heavy atom. The Hall–Kier alpha value is -0.400. The van der Waals surface area contributed by atoms with Crippen molar-refractivity contribution < 1.29 is 8.39 Å². The van der Waals surface area contributed by atoms with Crippen molar-refractivity contribution in [2.24, 2.45) is 0 Å². The molecule has 0 aliphatic carbocycles. The quantitative estimate of drug-likeness (QED) is 0.373. The third-order valence-corrected chi connectivity index (χ3v) is 2.50. The summed E-state index contributed by atoms with van der Waals surface area (Å²) in [7, 11) is -0.231. The van der Waals surface area contributed by atoms with Crippen molar-refractivity contribution in [2.45, 2.75) is 0 Å². The zero-order valence-electron chi connectivity index (χ0n) is 3.79. The standard InChI is InChI=1S/C4H2O2S2/c1-2-4-3-6-8(5)7-4/h1,3H. The van der Waals surface area contributed by atoms with Gasteiger partial charge in [-0.15, -0.1) is 6.42 Å². The van der Waals surface area contributed by atoms with E-state index >= 15 is 0 Å². The van der Waals surface area contributed by atoms with Crippen LogP contribution in [0.2, 0.25) is 0 Å². The fraction of sp³-hybridized carbons (Fsp3) is 0. The van der Waals surface area contributed by atoms with Gasteiger partial charge in [-0.2, -0.15) is 0 Å². The predicted octanol–water partition coefficient (Wildman–Crippen LogP) is 0.803. The Morgan fingerprint density at radius 3 is 3.00 bits per heavy atom. The molecular formula is C4H2O2S2. The van der Waals surface area contributed by atoms with Crippen LogP contribution < -0.4 is 0 Å². The monoisotopic (exact) mass is 146 g/mol. The van der Waals surface area contributed by atoms with Crippen molar-refractivity contribution in [3.63, 3.8) is 0 Å². The Morgan fingerprint density at radius 2 is 2.75 bits per heavy atom. The van der Waals surface area contributed by atoms with Crippen LogP contribution in [0.25, 0.3) is 0 Å². The zero-order valence-corrected chi connectivity index (χ0v) is 5.42. The Labute approximate surface area is 53.4 Å².